The molecule has 0 fully saturated rings. The van der Waals surface area contributed by atoms with Crippen molar-refractivity contribution in [2.24, 2.45) is 0 Å². The number of aromatic nitrogens is 4. The van der Waals surface area contributed by atoms with E-state index in [1.807, 2.05) is 20.8 Å². The Morgan fingerprint density at radius 3 is 2.62 bits per heavy atom. The van der Waals surface area contributed by atoms with Crippen LogP contribution < -0.4 is 0 Å². The summed E-state index contributed by atoms with van der Waals surface area (Å²) in [5.41, 5.74) is -0.333. The van der Waals surface area contributed by atoms with Crippen molar-refractivity contribution in [3.05, 3.63) is 47.8 Å². The first-order valence-electron chi connectivity index (χ1n) is 7.30. The molecular formula is C15H20ClN5O2S. The molecule has 0 spiro atoms. The fraction of sp³-hybridized carbons (Fsp3) is 0.400. The quantitative estimate of drug-likeness (QED) is 0.730. The normalized spacial score (nSPS) is 12.5. The predicted octanol–water partition coefficient (Wildman–Crippen LogP) is 2.46. The molecule has 0 aliphatic heterocycles. The van der Waals surface area contributed by atoms with Crippen molar-refractivity contribution in [3.63, 3.8) is 0 Å². The Hall–Kier alpha value is -1.77. The van der Waals surface area contributed by atoms with Crippen LogP contribution in [0.2, 0.25) is 5.02 Å². The van der Waals surface area contributed by atoms with E-state index in [1.54, 1.807) is 12.1 Å². The minimum Gasteiger partial charge on any atom is -0.207 e. The van der Waals surface area contributed by atoms with Crippen LogP contribution in [0.25, 0.3) is 0 Å². The van der Waals surface area contributed by atoms with Crippen molar-refractivity contribution >= 4 is 21.6 Å². The van der Waals surface area contributed by atoms with Crippen LogP contribution in [-0.4, -0.2) is 39.5 Å². The van der Waals surface area contributed by atoms with Gasteiger partial charge in [0.05, 0.1) is 17.0 Å². The zero-order valence-corrected chi connectivity index (χ0v) is 15.4. The molecule has 0 atom stereocenters. The average molecular weight is 370 g/mol. The smallest absolute Gasteiger partial charge is 0.207 e. The van der Waals surface area contributed by atoms with E-state index in [9.17, 15) is 8.42 Å². The summed E-state index contributed by atoms with van der Waals surface area (Å²) in [6.45, 7) is 9.54. The Bertz CT molecular complexity index is 826. The summed E-state index contributed by atoms with van der Waals surface area (Å²) >= 11 is 5.91. The minimum atomic E-state index is -3.75. The first kappa shape index (κ1) is 18.6. The maximum atomic E-state index is 12.8. The number of benzene rings is 1. The van der Waals surface area contributed by atoms with E-state index in [1.165, 1.54) is 27.3 Å². The van der Waals surface area contributed by atoms with Gasteiger partial charge in [-0.3, -0.25) is 0 Å². The fourth-order valence-corrected chi connectivity index (χ4v) is 3.58. The van der Waals surface area contributed by atoms with Gasteiger partial charge >= 0.3 is 0 Å². The maximum Gasteiger partial charge on any atom is 0.243 e. The standard InChI is InChI=1S/C15H20ClN5O2S/c1-5-9-20(11-14-17-19-21(18-14)15(2,3)4)24(22,23)13-8-6-7-12(16)10-13/h5-8,10H,1,9,11H2,2-4H3. The lowest BCUT2D eigenvalue weighted by molar-refractivity contribution is 0.304. The van der Waals surface area contributed by atoms with E-state index in [-0.39, 0.29) is 23.5 Å². The molecule has 1 aromatic carbocycles. The van der Waals surface area contributed by atoms with Gasteiger partial charge in [0, 0.05) is 11.6 Å². The molecule has 0 saturated carbocycles. The molecule has 0 N–H and O–H groups in total. The highest BCUT2D eigenvalue weighted by atomic mass is 35.5. The molecule has 7 nitrogen and oxygen atoms in total. The average Bonchev–Trinajstić information content (AvgIpc) is 2.95. The molecule has 0 saturated heterocycles. The van der Waals surface area contributed by atoms with Gasteiger partial charge in [-0.25, -0.2) is 8.42 Å². The van der Waals surface area contributed by atoms with Gasteiger partial charge in [0.2, 0.25) is 10.0 Å². The molecule has 0 aliphatic rings. The van der Waals surface area contributed by atoms with Crippen LogP contribution in [0.15, 0.2) is 41.8 Å². The van der Waals surface area contributed by atoms with Gasteiger partial charge in [0.25, 0.3) is 0 Å². The van der Waals surface area contributed by atoms with Crippen LogP contribution in [0.1, 0.15) is 26.6 Å². The second-order valence-electron chi connectivity index (χ2n) is 6.21. The summed E-state index contributed by atoms with van der Waals surface area (Å²) in [5.74, 6) is 0.317. The topological polar surface area (TPSA) is 81.0 Å². The van der Waals surface area contributed by atoms with Crippen molar-refractivity contribution in [1.29, 1.82) is 0 Å². The maximum absolute atomic E-state index is 12.8. The Labute approximate surface area is 147 Å². The molecule has 2 rings (SSSR count). The number of hydrogen-bond acceptors (Lipinski definition) is 5. The summed E-state index contributed by atoms with van der Waals surface area (Å²) in [6, 6.07) is 6.12. The lowest BCUT2D eigenvalue weighted by atomic mass is 10.1. The summed E-state index contributed by atoms with van der Waals surface area (Å²) in [6.07, 6.45) is 1.51. The molecule has 1 heterocycles. The molecule has 130 valence electrons. The van der Waals surface area contributed by atoms with Crippen molar-refractivity contribution in [3.8, 4) is 0 Å². The van der Waals surface area contributed by atoms with Crippen molar-refractivity contribution < 1.29 is 8.42 Å². The molecule has 0 bridgehead atoms. The largest absolute Gasteiger partial charge is 0.243 e. The monoisotopic (exact) mass is 369 g/mol. The number of tetrazole rings is 1. The molecule has 1 aromatic heterocycles. The van der Waals surface area contributed by atoms with E-state index < -0.39 is 10.0 Å². The van der Waals surface area contributed by atoms with Crippen molar-refractivity contribution in [2.45, 2.75) is 37.8 Å². The highest BCUT2D eigenvalue weighted by Gasteiger charge is 2.26. The third kappa shape index (κ3) is 4.19. The van der Waals surface area contributed by atoms with Crippen LogP contribution in [0, 0.1) is 0 Å². The lowest BCUT2D eigenvalue weighted by Gasteiger charge is -2.19. The number of rotatable bonds is 6. The number of nitrogens with zero attached hydrogens (tertiary/aromatic N) is 5. The van der Waals surface area contributed by atoms with Crippen molar-refractivity contribution in [1.82, 2.24) is 24.5 Å². The minimum absolute atomic E-state index is 0.00303. The van der Waals surface area contributed by atoms with E-state index in [0.717, 1.165) is 0 Å². The zero-order valence-electron chi connectivity index (χ0n) is 13.8. The van der Waals surface area contributed by atoms with E-state index in [0.29, 0.717) is 10.8 Å². The van der Waals surface area contributed by atoms with Gasteiger partial charge in [-0.1, -0.05) is 23.7 Å². The van der Waals surface area contributed by atoms with Gasteiger partial charge in [-0.2, -0.15) is 9.10 Å². The van der Waals surface area contributed by atoms with Crippen LogP contribution in [-0.2, 0) is 22.1 Å². The molecule has 0 aliphatic carbocycles. The zero-order chi connectivity index (χ0) is 18.0. The highest BCUT2D eigenvalue weighted by molar-refractivity contribution is 7.89. The Morgan fingerprint density at radius 2 is 2.08 bits per heavy atom. The molecule has 0 radical (unpaired) electrons. The van der Waals surface area contributed by atoms with Gasteiger partial charge < -0.3 is 0 Å². The third-order valence-corrected chi connectivity index (χ3v) is 5.18. The molecular weight excluding hydrogens is 350 g/mol. The Kier molecular flexibility index (Phi) is 5.42. The van der Waals surface area contributed by atoms with Crippen LogP contribution in [0.3, 0.4) is 0 Å². The number of halogens is 1. The summed E-state index contributed by atoms with van der Waals surface area (Å²) in [5, 5.41) is 12.5. The summed E-state index contributed by atoms with van der Waals surface area (Å²) < 4.78 is 26.9. The summed E-state index contributed by atoms with van der Waals surface area (Å²) in [4.78, 5) is 1.57. The second kappa shape index (κ2) is 7.00. The highest BCUT2D eigenvalue weighted by Crippen LogP contribution is 2.21. The predicted molar refractivity (Wildman–Crippen MR) is 92.1 cm³/mol. The first-order chi connectivity index (χ1) is 11.1. The van der Waals surface area contributed by atoms with Gasteiger partial charge in [-0.05, 0) is 44.2 Å². The Morgan fingerprint density at radius 1 is 1.38 bits per heavy atom. The van der Waals surface area contributed by atoms with Gasteiger partial charge in [0.15, 0.2) is 5.82 Å². The molecule has 0 unspecified atom stereocenters. The third-order valence-electron chi connectivity index (χ3n) is 3.14. The second-order valence-corrected chi connectivity index (χ2v) is 8.58. The van der Waals surface area contributed by atoms with Gasteiger partial charge in [-0.15, -0.1) is 16.8 Å². The Balaban J connectivity index is 2.32. The molecule has 9 heteroatoms. The van der Waals surface area contributed by atoms with Crippen LogP contribution in [0.5, 0.6) is 0 Å². The first-order valence-corrected chi connectivity index (χ1v) is 9.12. The SMILES string of the molecule is C=CCN(Cc1nnn(C(C)(C)C)n1)S(=O)(=O)c1cccc(Cl)c1. The van der Waals surface area contributed by atoms with E-state index in [2.05, 4.69) is 22.0 Å². The van der Waals surface area contributed by atoms with Crippen molar-refractivity contribution in [2.75, 3.05) is 6.54 Å². The summed E-state index contributed by atoms with van der Waals surface area (Å²) in [7, 11) is -3.75. The van der Waals surface area contributed by atoms with E-state index >= 15 is 0 Å². The number of hydrogen-bond donors (Lipinski definition) is 0. The van der Waals surface area contributed by atoms with Gasteiger partial charge in [0.1, 0.15) is 0 Å². The molecule has 24 heavy (non-hydrogen) atoms. The molecule has 0 amide bonds. The van der Waals surface area contributed by atoms with Crippen LogP contribution >= 0.6 is 11.6 Å². The lowest BCUT2D eigenvalue weighted by Crippen LogP contribution is -2.31. The number of sulfonamides is 1. The fourth-order valence-electron chi connectivity index (χ4n) is 1.92. The van der Waals surface area contributed by atoms with Crippen LogP contribution in [0.4, 0.5) is 0 Å². The molecule has 2 aromatic rings. The van der Waals surface area contributed by atoms with E-state index in [4.69, 9.17) is 11.6 Å².